The molecule has 0 bridgehead atoms. The molecule has 1 aromatic heterocycles. The standard InChI is InChI=1S/C48H60FN3O10S/c1-27(2)60-43-17-12-31(20-39(43)49)40-21-32-19-34(59-7)13-16-37(32)45(50-40)62-35-22-41-42(53)25-48(47(56)51-63(57,58)36-14-15-36)24-33(48)11-9-8-10-29(5)18-30(6)38(46(55)52(41)26-35)23-44(54)61-28(3)4/h9,11-13,16-17,19-21,27-30,33,35-36,38,41H,8,10,14-15,18,22-26H2,1-7H3,(H,51,56)/b11-9-/t29-,30-,33-,35-,38+,41+,48-/m1/s1. The second-order valence-electron chi connectivity index (χ2n) is 18.7. The van der Waals surface area contributed by atoms with E-state index < -0.39 is 74.2 Å². The predicted octanol–water partition coefficient (Wildman–Crippen LogP) is 7.73. The van der Waals surface area contributed by atoms with Crippen molar-refractivity contribution in [1.82, 2.24) is 14.6 Å². The lowest BCUT2D eigenvalue weighted by Crippen LogP contribution is -2.47. The number of halogens is 1. The lowest BCUT2D eigenvalue weighted by atomic mass is 9.82. The van der Waals surface area contributed by atoms with Gasteiger partial charge in [-0.3, -0.25) is 23.9 Å². The van der Waals surface area contributed by atoms with Gasteiger partial charge in [-0.05, 0) is 132 Å². The molecule has 2 aliphatic carbocycles. The molecular formula is C48H60FN3O10S. The van der Waals surface area contributed by atoms with Crippen LogP contribution in [0, 0.1) is 34.9 Å². The number of Topliss-reactive ketones (excluding diaryl/α,β-unsaturated/α-hetero) is 1. The van der Waals surface area contributed by atoms with Crippen molar-refractivity contribution in [2.24, 2.45) is 29.1 Å². The fourth-order valence-electron chi connectivity index (χ4n) is 9.21. The first-order valence-corrected chi connectivity index (χ1v) is 23.8. The number of aromatic nitrogens is 1. The van der Waals surface area contributed by atoms with Crippen LogP contribution in [0.25, 0.3) is 22.0 Å². The summed E-state index contributed by atoms with van der Waals surface area (Å²) in [6, 6.07) is 10.7. The molecular weight excluding hydrogens is 830 g/mol. The SMILES string of the molecule is COc1ccc2c(O[C@@H]3C[C@H]4C(=O)C[C@]5(C(=O)NS(=O)(=O)C6CC6)C[C@H]5/C=C\CC[C@@H](C)C[C@@H](C)[C@H](CC(=O)OC(C)C)C(=O)N4C3)nc(-c3ccc(OC(C)C)c(F)c3)cc2c1. The smallest absolute Gasteiger partial charge is 0.306 e. The Morgan fingerprint density at radius 2 is 1.76 bits per heavy atom. The highest BCUT2D eigenvalue weighted by Gasteiger charge is 2.61. The van der Waals surface area contributed by atoms with Crippen molar-refractivity contribution in [3.05, 3.63) is 60.4 Å². The molecule has 7 atom stereocenters. The zero-order chi connectivity index (χ0) is 45.4. The van der Waals surface area contributed by atoms with Gasteiger partial charge in [-0.15, -0.1) is 0 Å². The Hall–Kier alpha value is -5.05. The number of nitrogens with one attached hydrogen (secondary N) is 1. The van der Waals surface area contributed by atoms with Crippen molar-refractivity contribution in [3.8, 4) is 28.6 Å². The Balaban J connectivity index is 1.26. The molecule has 0 unspecified atom stereocenters. The first-order valence-electron chi connectivity index (χ1n) is 22.2. The molecule has 1 saturated heterocycles. The van der Waals surface area contributed by atoms with Crippen LogP contribution in [0.2, 0.25) is 0 Å². The number of ketones is 1. The lowest BCUT2D eigenvalue weighted by molar-refractivity contribution is -0.154. The number of pyridine rings is 1. The molecule has 0 radical (unpaired) electrons. The van der Waals surface area contributed by atoms with Gasteiger partial charge in [0.15, 0.2) is 17.3 Å². The topological polar surface area (TPSA) is 167 Å². The van der Waals surface area contributed by atoms with Crippen molar-refractivity contribution in [2.45, 2.75) is 129 Å². The number of carbonyl (C=O) groups excluding carboxylic acids is 4. The first-order chi connectivity index (χ1) is 29.9. The third kappa shape index (κ3) is 10.5. The molecule has 2 amide bonds. The van der Waals surface area contributed by atoms with Crippen LogP contribution in [0.3, 0.4) is 0 Å². The molecule has 3 fully saturated rings. The zero-order valence-electron chi connectivity index (χ0n) is 37.2. The molecule has 2 aromatic carbocycles. The summed E-state index contributed by atoms with van der Waals surface area (Å²) in [5.74, 6) is -2.99. The van der Waals surface area contributed by atoms with E-state index in [4.69, 9.17) is 23.9 Å². The van der Waals surface area contributed by atoms with E-state index in [1.165, 1.54) is 11.0 Å². The summed E-state index contributed by atoms with van der Waals surface area (Å²) in [5.41, 5.74) is -0.449. The Labute approximate surface area is 369 Å². The minimum absolute atomic E-state index is 0.0365. The van der Waals surface area contributed by atoms with Gasteiger partial charge in [-0.1, -0.05) is 26.0 Å². The summed E-state index contributed by atoms with van der Waals surface area (Å²) in [6.07, 6.45) is 5.43. The van der Waals surface area contributed by atoms with Gasteiger partial charge in [0.25, 0.3) is 0 Å². The number of nitrogens with zero attached hydrogens (tertiary/aromatic N) is 2. The molecule has 0 spiro atoms. The predicted molar refractivity (Wildman–Crippen MR) is 235 cm³/mol. The molecule has 1 N–H and O–H groups in total. The molecule has 63 heavy (non-hydrogen) atoms. The Morgan fingerprint density at radius 3 is 2.44 bits per heavy atom. The second-order valence-corrected chi connectivity index (χ2v) is 20.6. The summed E-state index contributed by atoms with van der Waals surface area (Å²) in [5, 5.41) is 0.665. The van der Waals surface area contributed by atoms with E-state index in [9.17, 15) is 22.8 Å². The van der Waals surface area contributed by atoms with E-state index in [2.05, 4.69) is 11.6 Å². The number of allylic oxidation sites excluding steroid dienone is 2. The Morgan fingerprint density at radius 1 is 1.00 bits per heavy atom. The van der Waals surface area contributed by atoms with E-state index in [-0.39, 0.29) is 67.7 Å². The van der Waals surface area contributed by atoms with Crippen LogP contribution in [-0.4, -0.2) is 85.1 Å². The van der Waals surface area contributed by atoms with E-state index in [1.54, 1.807) is 51.3 Å². The molecule has 4 aliphatic rings. The van der Waals surface area contributed by atoms with Crippen molar-refractivity contribution in [1.29, 1.82) is 0 Å². The number of amides is 2. The molecule has 13 nitrogen and oxygen atoms in total. The first kappa shape index (κ1) is 46.0. The molecule has 340 valence electrons. The van der Waals surface area contributed by atoms with Gasteiger partial charge in [-0.25, -0.2) is 17.8 Å². The van der Waals surface area contributed by atoms with Gasteiger partial charge < -0.3 is 23.8 Å². The molecule has 15 heteroatoms. The van der Waals surface area contributed by atoms with Crippen LogP contribution in [0.1, 0.15) is 99.3 Å². The fourth-order valence-corrected chi connectivity index (χ4v) is 10.6. The molecule has 7 rings (SSSR count). The van der Waals surface area contributed by atoms with E-state index >= 15 is 9.18 Å². The maximum absolute atomic E-state index is 15.3. The lowest BCUT2D eigenvalue weighted by Gasteiger charge is -2.32. The van der Waals surface area contributed by atoms with E-state index in [1.807, 2.05) is 39.0 Å². The summed E-state index contributed by atoms with van der Waals surface area (Å²) in [7, 11) is -2.35. The quantitative estimate of drug-likeness (QED) is 0.140. The number of benzene rings is 2. The maximum Gasteiger partial charge on any atom is 0.306 e. The van der Waals surface area contributed by atoms with Crippen LogP contribution in [-0.2, 0) is 33.9 Å². The minimum Gasteiger partial charge on any atom is -0.497 e. The zero-order valence-corrected chi connectivity index (χ0v) is 38.0. The maximum atomic E-state index is 15.3. The largest absolute Gasteiger partial charge is 0.497 e. The normalized spacial score (nSPS) is 27.2. The highest BCUT2D eigenvalue weighted by atomic mass is 32.2. The van der Waals surface area contributed by atoms with E-state index in [0.29, 0.717) is 53.5 Å². The van der Waals surface area contributed by atoms with E-state index in [0.717, 1.165) is 6.42 Å². The van der Waals surface area contributed by atoms with Crippen molar-refractivity contribution >= 4 is 44.4 Å². The Kier molecular flexibility index (Phi) is 13.6. The fraction of sp³-hybridized carbons (Fsp3) is 0.562. The second kappa shape index (κ2) is 18.6. The molecule has 2 aliphatic heterocycles. The number of hydrogen-bond acceptors (Lipinski definition) is 11. The van der Waals surface area contributed by atoms with Crippen LogP contribution in [0.4, 0.5) is 4.39 Å². The number of ether oxygens (including phenoxy) is 4. The number of hydrogen-bond donors (Lipinski definition) is 1. The number of esters is 1. The molecule has 3 heterocycles. The van der Waals surface area contributed by atoms with Gasteiger partial charge in [0.1, 0.15) is 11.9 Å². The van der Waals surface area contributed by atoms with Crippen LogP contribution < -0.4 is 18.9 Å². The third-order valence-electron chi connectivity index (χ3n) is 12.8. The van der Waals surface area contributed by atoms with Gasteiger partial charge in [0.2, 0.25) is 27.7 Å². The number of sulfonamides is 1. The summed E-state index contributed by atoms with van der Waals surface area (Å²) in [4.78, 5) is 63.5. The highest BCUT2D eigenvalue weighted by Crippen LogP contribution is 2.57. The van der Waals surface area contributed by atoms with Crippen molar-refractivity contribution in [3.63, 3.8) is 0 Å². The van der Waals surface area contributed by atoms with Gasteiger partial charge in [0, 0.05) is 23.8 Å². The van der Waals surface area contributed by atoms with Gasteiger partial charge >= 0.3 is 5.97 Å². The number of rotatable bonds is 12. The summed E-state index contributed by atoms with van der Waals surface area (Å²) >= 11 is 0. The summed E-state index contributed by atoms with van der Waals surface area (Å²) in [6.45, 7) is 11.1. The van der Waals surface area contributed by atoms with Crippen LogP contribution in [0.5, 0.6) is 17.4 Å². The third-order valence-corrected chi connectivity index (χ3v) is 14.6. The average molecular weight is 890 g/mol. The Bertz CT molecular complexity index is 2380. The van der Waals surface area contributed by atoms with Crippen LogP contribution in [0.15, 0.2) is 54.6 Å². The number of carbonyl (C=O) groups is 4. The van der Waals surface area contributed by atoms with Crippen molar-refractivity contribution < 1.29 is 50.9 Å². The van der Waals surface area contributed by atoms with Crippen molar-refractivity contribution in [2.75, 3.05) is 13.7 Å². The monoisotopic (exact) mass is 889 g/mol. The number of fused-ring (bicyclic) bond motifs is 3. The number of methoxy groups -OCH3 is 1. The summed E-state index contributed by atoms with van der Waals surface area (Å²) < 4.78 is 67.1. The van der Waals surface area contributed by atoms with Gasteiger partial charge in [0.05, 0.1) is 60.6 Å². The minimum atomic E-state index is -3.90. The highest BCUT2D eigenvalue weighted by molar-refractivity contribution is 7.90. The molecule has 2 saturated carbocycles. The average Bonchev–Trinajstić information content (AvgIpc) is 4.15. The van der Waals surface area contributed by atoms with Crippen LogP contribution >= 0.6 is 0 Å². The molecule has 3 aromatic rings. The van der Waals surface area contributed by atoms with Gasteiger partial charge in [-0.2, -0.15) is 0 Å².